The Labute approximate surface area is 186 Å². The van der Waals surface area contributed by atoms with E-state index in [1.165, 1.54) is 48.5 Å². The maximum atomic E-state index is 13.3. The Kier molecular flexibility index (Phi) is 7.37. The quantitative estimate of drug-likeness (QED) is 0.546. The molecular formula is C24H24F2N2O3S. The third kappa shape index (κ3) is 5.99. The number of benzene rings is 3. The SMILES string of the molecule is Cc1ccc(S(=O)(=O)N(CC(=O)N[C@H](C)c2ccc(F)cc2)Cc2ccc(F)cc2)cc1. The highest BCUT2D eigenvalue weighted by Gasteiger charge is 2.27. The fourth-order valence-electron chi connectivity index (χ4n) is 3.16. The smallest absolute Gasteiger partial charge is 0.243 e. The Hall–Kier alpha value is -3.10. The zero-order valence-corrected chi connectivity index (χ0v) is 18.6. The fraction of sp³-hybridized carbons (Fsp3) is 0.208. The molecule has 0 saturated heterocycles. The van der Waals surface area contributed by atoms with Gasteiger partial charge in [-0.1, -0.05) is 42.0 Å². The molecule has 0 aliphatic carbocycles. The van der Waals surface area contributed by atoms with Gasteiger partial charge >= 0.3 is 0 Å². The predicted octanol–water partition coefficient (Wildman–Crippen LogP) is 4.34. The van der Waals surface area contributed by atoms with Crippen molar-refractivity contribution in [2.75, 3.05) is 6.54 Å². The summed E-state index contributed by atoms with van der Waals surface area (Å²) in [7, 11) is -4.00. The van der Waals surface area contributed by atoms with Gasteiger partial charge in [0, 0.05) is 6.54 Å². The molecule has 0 fully saturated rings. The van der Waals surface area contributed by atoms with Crippen molar-refractivity contribution in [1.82, 2.24) is 9.62 Å². The molecule has 0 spiro atoms. The molecule has 3 aromatic rings. The lowest BCUT2D eigenvalue weighted by molar-refractivity contribution is -0.122. The van der Waals surface area contributed by atoms with Crippen LogP contribution in [0.4, 0.5) is 8.78 Å². The molecule has 32 heavy (non-hydrogen) atoms. The molecule has 0 radical (unpaired) electrons. The third-order valence-corrected chi connectivity index (χ3v) is 6.80. The van der Waals surface area contributed by atoms with Crippen molar-refractivity contribution < 1.29 is 22.0 Å². The number of rotatable bonds is 8. The van der Waals surface area contributed by atoms with Gasteiger partial charge in [-0.15, -0.1) is 0 Å². The van der Waals surface area contributed by atoms with Gasteiger partial charge in [0.1, 0.15) is 11.6 Å². The normalized spacial score (nSPS) is 12.5. The number of sulfonamides is 1. The topological polar surface area (TPSA) is 66.5 Å². The highest BCUT2D eigenvalue weighted by Crippen LogP contribution is 2.20. The molecule has 8 heteroatoms. The van der Waals surface area contributed by atoms with Crippen molar-refractivity contribution in [3.8, 4) is 0 Å². The summed E-state index contributed by atoms with van der Waals surface area (Å²) in [5, 5.41) is 2.75. The molecule has 0 aliphatic rings. The van der Waals surface area contributed by atoms with E-state index in [2.05, 4.69) is 5.32 Å². The van der Waals surface area contributed by atoms with Crippen LogP contribution in [0.1, 0.15) is 29.7 Å². The number of carbonyl (C=O) groups excluding carboxylic acids is 1. The molecule has 0 bridgehead atoms. The highest BCUT2D eigenvalue weighted by atomic mass is 32.2. The third-order valence-electron chi connectivity index (χ3n) is 5.00. The van der Waals surface area contributed by atoms with E-state index in [1.807, 2.05) is 6.92 Å². The lowest BCUT2D eigenvalue weighted by Gasteiger charge is -2.23. The number of carbonyl (C=O) groups is 1. The number of nitrogens with zero attached hydrogens (tertiary/aromatic N) is 1. The van der Waals surface area contributed by atoms with Crippen molar-refractivity contribution in [2.24, 2.45) is 0 Å². The Morgan fingerprint density at radius 1 is 0.906 bits per heavy atom. The van der Waals surface area contributed by atoms with E-state index in [0.717, 1.165) is 9.87 Å². The van der Waals surface area contributed by atoms with Crippen molar-refractivity contribution >= 4 is 15.9 Å². The van der Waals surface area contributed by atoms with Crippen LogP contribution in [-0.4, -0.2) is 25.2 Å². The van der Waals surface area contributed by atoms with Crippen LogP contribution in [0, 0.1) is 18.6 Å². The number of amides is 1. The molecule has 1 atom stereocenters. The number of nitrogens with one attached hydrogen (secondary N) is 1. The van der Waals surface area contributed by atoms with Gasteiger partial charge in [0.2, 0.25) is 15.9 Å². The second kappa shape index (κ2) is 10.0. The van der Waals surface area contributed by atoms with Crippen molar-refractivity contribution in [2.45, 2.75) is 31.3 Å². The van der Waals surface area contributed by atoms with Crippen LogP contribution in [0.3, 0.4) is 0 Å². The first-order valence-corrected chi connectivity index (χ1v) is 11.5. The van der Waals surface area contributed by atoms with Gasteiger partial charge < -0.3 is 5.32 Å². The maximum Gasteiger partial charge on any atom is 0.243 e. The van der Waals surface area contributed by atoms with Crippen LogP contribution in [0.5, 0.6) is 0 Å². The summed E-state index contributed by atoms with van der Waals surface area (Å²) >= 11 is 0. The molecule has 0 aromatic heterocycles. The standard InChI is InChI=1S/C24H24F2N2O3S/c1-17-3-13-23(14-4-17)32(30,31)28(15-19-5-9-21(25)10-6-19)16-24(29)27-18(2)20-7-11-22(26)12-8-20/h3-14,18H,15-16H2,1-2H3,(H,27,29)/t18-/m1/s1. The molecular weight excluding hydrogens is 434 g/mol. The molecule has 1 N–H and O–H groups in total. The highest BCUT2D eigenvalue weighted by molar-refractivity contribution is 7.89. The Balaban J connectivity index is 1.82. The first-order valence-electron chi connectivity index (χ1n) is 10.0. The largest absolute Gasteiger partial charge is 0.348 e. The molecule has 0 saturated carbocycles. The Morgan fingerprint density at radius 3 is 2.00 bits per heavy atom. The minimum absolute atomic E-state index is 0.0598. The molecule has 168 valence electrons. The van der Waals surface area contributed by atoms with Crippen molar-refractivity contribution in [1.29, 1.82) is 0 Å². The van der Waals surface area contributed by atoms with E-state index in [1.54, 1.807) is 31.2 Å². The fourth-order valence-corrected chi connectivity index (χ4v) is 4.55. The number of hydrogen-bond acceptors (Lipinski definition) is 3. The first kappa shape index (κ1) is 23.6. The van der Waals surface area contributed by atoms with Crippen LogP contribution < -0.4 is 5.32 Å². The second-order valence-electron chi connectivity index (χ2n) is 7.55. The molecule has 1 amide bonds. The van der Waals surface area contributed by atoms with E-state index in [4.69, 9.17) is 0 Å². The van der Waals surface area contributed by atoms with Gasteiger partial charge in [0.15, 0.2) is 0 Å². The zero-order valence-electron chi connectivity index (χ0n) is 17.8. The molecule has 0 aliphatic heterocycles. The van der Waals surface area contributed by atoms with Crippen LogP contribution >= 0.6 is 0 Å². The minimum Gasteiger partial charge on any atom is -0.348 e. The molecule has 3 rings (SSSR count). The van der Waals surface area contributed by atoms with E-state index >= 15 is 0 Å². The molecule has 0 heterocycles. The summed E-state index contributed by atoms with van der Waals surface area (Å²) in [6, 6.07) is 17.0. The minimum atomic E-state index is -4.00. The van der Waals surface area contributed by atoms with E-state index in [0.29, 0.717) is 11.1 Å². The van der Waals surface area contributed by atoms with Crippen molar-refractivity contribution in [3.63, 3.8) is 0 Å². The van der Waals surface area contributed by atoms with Gasteiger partial charge in [0.05, 0.1) is 17.5 Å². The Morgan fingerprint density at radius 2 is 1.44 bits per heavy atom. The maximum absolute atomic E-state index is 13.3. The van der Waals surface area contributed by atoms with Gasteiger partial charge in [-0.25, -0.2) is 17.2 Å². The first-order chi connectivity index (χ1) is 15.1. The van der Waals surface area contributed by atoms with Gasteiger partial charge in [-0.2, -0.15) is 4.31 Å². The molecule has 5 nitrogen and oxygen atoms in total. The number of halogens is 2. The average molecular weight is 459 g/mol. The van der Waals surface area contributed by atoms with Crippen LogP contribution in [-0.2, 0) is 21.4 Å². The average Bonchev–Trinajstić information content (AvgIpc) is 2.75. The van der Waals surface area contributed by atoms with Crippen molar-refractivity contribution in [3.05, 3.63) is 101 Å². The van der Waals surface area contributed by atoms with Gasteiger partial charge in [0.25, 0.3) is 0 Å². The van der Waals surface area contributed by atoms with Crippen LogP contribution in [0.15, 0.2) is 77.7 Å². The second-order valence-corrected chi connectivity index (χ2v) is 9.49. The number of aryl methyl sites for hydroxylation is 1. The Bertz CT molecular complexity index is 1160. The van der Waals surface area contributed by atoms with E-state index < -0.39 is 34.3 Å². The summed E-state index contributed by atoms with van der Waals surface area (Å²) in [6.07, 6.45) is 0. The lowest BCUT2D eigenvalue weighted by Crippen LogP contribution is -2.41. The summed E-state index contributed by atoms with van der Waals surface area (Å²) < 4.78 is 54.0. The van der Waals surface area contributed by atoms with Crippen LogP contribution in [0.25, 0.3) is 0 Å². The van der Waals surface area contributed by atoms with Crippen LogP contribution in [0.2, 0.25) is 0 Å². The predicted molar refractivity (Wildman–Crippen MR) is 118 cm³/mol. The molecule has 3 aromatic carbocycles. The lowest BCUT2D eigenvalue weighted by atomic mass is 10.1. The van der Waals surface area contributed by atoms with E-state index in [9.17, 15) is 22.0 Å². The van der Waals surface area contributed by atoms with E-state index in [-0.39, 0.29) is 17.3 Å². The molecule has 0 unspecified atom stereocenters. The zero-order chi connectivity index (χ0) is 23.3. The van der Waals surface area contributed by atoms with Gasteiger partial charge in [-0.3, -0.25) is 4.79 Å². The summed E-state index contributed by atoms with van der Waals surface area (Å²) in [5.74, 6) is -1.34. The monoisotopic (exact) mass is 458 g/mol. The summed E-state index contributed by atoms with van der Waals surface area (Å²) in [5.41, 5.74) is 2.13. The summed E-state index contributed by atoms with van der Waals surface area (Å²) in [4.78, 5) is 12.8. The number of hydrogen-bond donors (Lipinski definition) is 1. The van der Waals surface area contributed by atoms with Gasteiger partial charge in [-0.05, 0) is 61.4 Å². The summed E-state index contributed by atoms with van der Waals surface area (Å²) in [6.45, 7) is 3.04.